The zero-order valence-corrected chi connectivity index (χ0v) is 21.9. The molecular formula is C30H48O2. The van der Waals surface area contributed by atoms with E-state index in [1.807, 2.05) is 5.57 Å². The minimum atomic E-state index is 0.0600. The second kappa shape index (κ2) is 8.95. The van der Waals surface area contributed by atoms with Crippen LogP contribution in [0.25, 0.3) is 0 Å². The number of ether oxygens (including phenoxy) is 1. The highest BCUT2D eigenvalue weighted by molar-refractivity contribution is 5.73. The molecule has 0 bridgehead atoms. The van der Waals surface area contributed by atoms with Crippen molar-refractivity contribution >= 4 is 5.97 Å². The fourth-order valence-corrected chi connectivity index (χ4v) is 9.25. The highest BCUT2D eigenvalue weighted by Gasteiger charge is 2.62. The summed E-state index contributed by atoms with van der Waals surface area (Å²) in [5.74, 6) is 3.57. The van der Waals surface area contributed by atoms with Crippen LogP contribution in [0.4, 0.5) is 0 Å². The van der Waals surface area contributed by atoms with Crippen molar-refractivity contribution in [3.05, 3.63) is 22.8 Å². The first-order chi connectivity index (χ1) is 15.1. The predicted octanol–water partition coefficient (Wildman–Crippen LogP) is 8.13. The van der Waals surface area contributed by atoms with Crippen molar-refractivity contribution in [3.8, 4) is 0 Å². The van der Waals surface area contributed by atoms with Gasteiger partial charge in [0.05, 0.1) is 13.0 Å². The molecule has 4 rings (SSSR count). The molecule has 0 aromatic rings. The summed E-state index contributed by atoms with van der Waals surface area (Å²) in [6.07, 6.45) is 15.3. The maximum absolute atomic E-state index is 12.8. The van der Waals surface area contributed by atoms with E-state index in [9.17, 15) is 4.79 Å². The maximum atomic E-state index is 12.8. The van der Waals surface area contributed by atoms with Gasteiger partial charge in [-0.1, -0.05) is 43.6 Å². The second-order valence-corrected chi connectivity index (χ2v) is 12.7. The lowest BCUT2D eigenvalue weighted by Crippen LogP contribution is -2.57. The molecule has 4 saturated carbocycles. The molecule has 0 aliphatic heterocycles. The van der Waals surface area contributed by atoms with Crippen LogP contribution in [-0.2, 0) is 9.53 Å². The molecule has 0 spiro atoms. The molecule has 0 aromatic heterocycles. The average molecular weight is 441 g/mol. The third-order valence-electron chi connectivity index (χ3n) is 11.0. The van der Waals surface area contributed by atoms with Gasteiger partial charge in [0.15, 0.2) is 0 Å². The highest BCUT2D eigenvalue weighted by atomic mass is 16.5. The highest BCUT2D eigenvalue weighted by Crippen LogP contribution is 2.69. The maximum Gasteiger partial charge on any atom is 0.309 e. The van der Waals surface area contributed by atoms with Crippen LogP contribution >= 0.6 is 0 Å². The molecule has 2 nitrogen and oxygen atoms in total. The summed E-state index contributed by atoms with van der Waals surface area (Å²) in [6, 6.07) is 0. The molecule has 4 fully saturated rings. The van der Waals surface area contributed by atoms with Gasteiger partial charge in [-0.05, 0) is 125 Å². The number of rotatable bonds is 4. The van der Waals surface area contributed by atoms with Gasteiger partial charge in [-0.15, -0.1) is 0 Å². The summed E-state index contributed by atoms with van der Waals surface area (Å²) < 4.78 is 5.32. The molecule has 0 heterocycles. The Hall–Kier alpha value is -1.05. The number of allylic oxidation sites excluding steroid dienone is 4. The van der Waals surface area contributed by atoms with Gasteiger partial charge in [-0.25, -0.2) is 0 Å². The van der Waals surface area contributed by atoms with E-state index in [4.69, 9.17) is 4.74 Å². The summed E-state index contributed by atoms with van der Waals surface area (Å²) in [4.78, 5) is 12.8. The van der Waals surface area contributed by atoms with E-state index in [1.165, 1.54) is 69.8 Å². The Kier molecular flexibility index (Phi) is 6.74. The molecule has 8 atom stereocenters. The van der Waals surface area contributed by atoms with Crippen LogP contribution < -0.4 is 0 Å². The predicted molar refractivity (Wildman–Crippen MR) is 133 cm³/mol. The Bertz CT molecular complexity index is 787. The zero-order valence-electron chi connectivity index (χ0n) is 21.9. The Balaban J connectivity index is 1.58. The van der Waals surface area contributed by atoms with Gasteiger partial charge in [-0.3, -0.25) is 4.79 Å². The van der Waals surface area contributed by atoms with Gasteiger partial charge < -0.3 is 4.74 Å². The van der Waals surface area contributed by atoms with Crippen molar-refractivity contribution in [2.45, 2.75) is 106 Å². The number of methoxy groups -OCH3 is 1. The lowest BCUT2D eigenvalue weighted by Gasteiger charge is -2.63. The van der Waals surface area contributed by atoms with Crippen LogP contribution in [0.2, 0.25) is 0 Å². The molecule has 0 saturated heterocycles. The Morgan fingerprint density at radius 1 is 0.969 bits per heavy atom. The third kappa shape index (κ3) is 3.82. The molecule has 0 aromatic carbocycles. The second-order valence-electron chi connectivity index (χ2n) is 12.7. The molecule has 0 radical (unpaired) electrons. The Morgan fingerprint density at radius 2 is 1.62 bits per heavy atom. The first kappa shape index (κ1) is 24.1. The summed E-state index contributed by atoms with van der Waals surface area (Å²) >= 11 is 0. The first-order valence-corrected chi connectivity index (χ1v) is 13.5. The summed E-state index contributed by atoms with van der Waals surface area (Å²) in [5, 5.41) is 0. The van der Waals surface area contributed by atoms with E-state index in [-0.39, 0.29) is 11.9 Å². The van der Waals surface area contributed by atoms with E-state index in [1.54, 1.807) is 12.7 Å². The van der Waals surface area contributed by atoms with Crippen molar-refractivity contribution in [2.24, 2.45) is 46.3 Å². The smallest absolute Gasteiger partial charge is 0.309 e. The number of hydrogen-bond donors (Lipinski definition) is 0. The van der Waals surface area contributed by atoms with Gasteiger partial charge in [0, 0.05) is 0 Å². The van der Waals surface area contributed by atoms with Crippen LogP contribution in [0.5, 0.6) is 0 Å². The molecule has 2 heteroatoms. The standard InChI is InChI=1S/C30H48O2/c1-19(2)9-8-10-20(3)22-16-18-29(5)23(22)11-12-25-24(29)13-14-26-27(28(31)32-7)21(4)15-17-30(25,26)6/h9,21,23-27H,8,10-18H2,1-7H3/b22-20-. The van der Waals surface area contributed by atoms with Gasteiger partial charge in [0.1, 0.15) is 0 Å². The molecule has 0 N–H and O–H groups in total. The van der Waals surface area contributed by atoms with Gasteiger partial charge >= 0.3 is 5.97 Å². The normalized spacial score (nSPS) is 44.7. The van der Waals surface area contributed by atoms with Crippen molar-refractivity contribution in [1.29, 1.82) is 0 Å². The van der Waals surface area contributed by atoms with Crippen molar-refractivity contribution in [3.63, 3.8) is 0 Å². The SMILES string of the molecule is COC(=O)C1C(C)CCC2(C)C1CCC1C2CCC2/C(=C(/C)CCC=C(C)C)CCC21C. The van der Waals surface area contributed by atoms with Crippen LogP contribution in [-0.4, -0.2) is 13.1 Å². The van der Waals surface area contributed by atoms with Crippen molar-refractivity contribution in [2.75, 3.05) is 7.11 Å². The molecule has 8 unspecified atom stereocenters. The van der Waals surface area contributed by atoms with Crippen LogP contribution in [0.1, 0.15) is 106 Å². The van der Waals surface area contributed by atoms with Gasteiger partial charge in [0.25, 0.3) is 0 Å². The molecule has 180 valence electrons. The third-order valence-corrected chi connectivity index (χ3v) is 11.0. The van der Waals surface area contributed by atoms with Crippen LogP contribution in [0, 0.1) is 46.3 Å². The molecule has 0 amide bonds. The lowest BCUT2D eigenvalue weighted by atomic mass is 9.42. The van der Waals surface area contributed by atoms with Gasteiger partial charge in [-0.2, -0.15) is 0 Å². The van der Waals surface area contributed by atoms with E-state index in [0.717, 1.165) is 17.8 Å². The number of hydrogen-bond acceptors (Lipinski definition) is 2. The summed E-state index contributed by atoms with van der Waals surface area (Å²) in [7, 11) is 1.59. The number of carbonyl (C=O) groups is 1. The fourth-order valence-electron chi connectivity index (χ4n) is 9.25. The molecule has 32 heavy (non-hydrogen) atoms. The number of esters is 1. The molecule has 4 aliphatic rings. The zero-order chi connectivity index (χ0) is 23.3. The summed E-state index contributed by atoms with van der Waals surface area (Å²) in [5.41, 5.74) is 5.73. The summed E-state index contributed by atoms with van der Waals surface area (Å²) in [6.45, 7) is 14.4. The first-order valence-electron chi connectivity index (χ1n) is 13.5. The quantitative estimate of drug-likeness (QED) is 0.326. The van der Waals surface area contributed by atoms with Crippen molar-refractivity contribution < 1.29 is 9.53 Å². The number of fused-ring (bicyclic) bond motifs is 5. The molecular weight excluding hydrogens is 392 g/mol. The monoisotopic (exact) mass is 440 g/mol. The lowest BCUT2D eigenvalue weighted by molar-refractivity contribution is -0.172. The van der Waals surface area contributed by atoms with E-state index in [0.29, 0.717) is 22.7 Å². The Morgan fingerprint density at radius 3 is 2.31 bits per heavy atom. The van der Waals surface area contributed by atoms with Gasteiger partial charge in [0.2, 0.25) is 0 Å². The Labute approximate surface area is 197 Å². The van der Waals surface area contributed by atoms with Crippen LogP contribution in [0.15, 0.2) is 22.8 Å². The minimum absolute atomic E-state index is 0.0600. The molecule has 4 aliphatic carbocycles. The van der Waals surface area contributed by atoms with Crippen LogP contribution in [0.3, 0.4) is 0 Å². The topological polar surface area (TPSA) is 26.3 Å². The van der Waals surface area contributed by atoms with E-state index in [2.05, 4.69) is 47.6 Å². The largest absolute Gasteiger partial charge is 0.469 e. The minimum Gasteiger partial charge on any atom is -0.469 e. The fraction of sp³-hybridized carbons (Fsp3) is 0.833. The number of carbonyl (C=O) groups excluding carboxylic acids is 1. The van der Waals surface area contributed by atoms with E-state index >= 15 is 0 Å². The average Bonchev–Trinajstić information content (AvgIpc) is 3.10. The van der Waals surface area contributed by atoms with Crippen molar-refractivity contribution in [1.82, 2.24) is 0 Å². The van der Waals surface area contributed by atoms with E-state index < -0.39 is 0 Å².